The van der Waals surface area contributed by atoms with Crippen molar-refractivity contribution in [2.24, 2.45) is 0 Å². The van der Waals surface area contributed by atoms with Crippen LogP contribution in [0.5, 0.6) is 0 Å². The summed E-state index contributed by atoms with van der Waals surface area (Å²) in [4.78, 5) is 28.9. The molecular weight excluding hydrogens is 372 g/mol. The van der Waals surface area contributed by atoms with Crippen molar-refractivity contribution in [1.82, 2.24) is 10.3 Å². The molecule has 0 bridgehead atoms. The third kappa shape index (κ3) is 5.54. The SMILES string of the molecule is CCCC(C)(NC(=O)Cc1csc(Cc2cccc(Cl)c2)n1)C(=O)OC. The molecule has 5 nitrogen and oxygen atoms in total. The lowest BCUT2D eigenvalue weighted by Gasteiger charge is -2.27. The first kappa shape index (κ1) is 20.4. The number of carbonyl (C=O) groups is 2. The molecule has 2 aromatic rings. The molecule has 0 spiro atoms. The van der Waals surface area contributed by atoms with Crippen LogP contribution in [0, 0.1) is 0 Å². The highest BCUT2D eigenvalue weighted by atomic mass is 35.5. The number of halogens is 1. The largest absolute Gasteiger partial charge is 0.467 e. The zero-order valence-electron chi connectivity index (χ0n) is 15.2. The van der Waals surface area contributed by atoms with Gasteiger partial charge in [0.05, 0.1) is 24.2 Å². The van der Waals surface area contributed by atoms with Crippen molar-refractivity contribution in [2.75, 3.05) is 7.11 Å². The Morgan fingerprint density at radius 2 is 2.15 bits per heavy atom. The summed E-state index contributed by atoms with van der Waals surface area (Å²) in [6.45, 7) is 3.64. The minimum Gasteiger partial charge on any atom is -0.467 e. The van der Waals surface area contributed by atoms with Crippen LogP contribution in [0.25, 0.3) is 0 Å². The number of nitrogens with one attached hydrogen (secondary N) is 1. The fraction of sp³-hybridized carbons (Fsp3) is 0.421. The van der Waals surface area contributed by atoms with Crippen LogP contribution < -0.4 is 5.32 Å². The molecule has 2 rings (SSSR count). The first-order valence-corrected chi connectivity index (χ1v) is 9.69. The van der Waals surface area contributed by atoms with Crippen molar-refractivity contribution in [2.45, 2.75) is 45.1 Å². The molecule has 1 aromatic carbocycles. The maximum atomic E-state index is 12.4. The monoisotopic (exact) mass is 394 g/mol. The second-order valence-corrected chi connectivity index (χ2v) is 7.72. The van der Waals surface area contributed by atoms with E-state index >= 15 is 0 Å². The number of rotatable bonds is 8. The minimum absolute atomic E-state index is 0.127. The molecule has 1 N–H and O–H groups in total. The van der Waals surface area contributed by atoms with E-state index in [4.69, 9.17) is 16.3 Å². The fourth-order valence-corrected chi connectivity index (χ4v) is 3.83. The predicted octanol–water partition coefficient (Wildman–Crippen LogP) is 3.78. The highest BCUT2D eigenvalue weighted by Crippen LogP contribution is 2.19. The van der Waals surface area contributed by atoms with Gasteiger partial charge in [0.1, 0.15) is 5.54 Å². The summed E-state index contributed by atoms with van der Waals surface area (Å²) in [5, 5.41) is 6.27. The summed E-state index contributed by atoms with van der Waals surface area (Å²) in [5.74, 6) is -0.682. The van der Waals surface area contributed by atoms with Crippen molar-refractivity contribution >= 4 is 34.8 Å². The molecule has 0 fully saturated rings. The number of esters is 1. The fourth-order valence-electron chi connectivity index (χ4n) is 2.79. The van der Waals surface area contributed by atoms with Crippen LogP contribution in [0.3, 0.4) is 0 Å². The molecule has 7 heteroatoms. The van der Waals surface area contributed by atoms with Crippen LogP contribution in [0.4, 0.5) is 0 Å². The quantitative estimate of drug-likeness (QED) is 0.692. The lowest BCUT2D eigenvalue weighted by atomic mass is 9.96. The van der Waals surface area contributed by atoms with Crippen molar-refractivity contribution in [3.63, 3.8) is 0 Å². The molecule has 0 saturated heterocycles. The van der Waals surface area contributed by atoms with Gasteiger partial charge >= 0.3 is 5.97 Å². The maximum Gasteiger partial charge on any atom is 0.331 e. The van der Waals surface area contributed by atoms with Gasteiger partial charge in [-0.05, 0) is 31.0 Å². The number of nitrogens with zero attached hydrogens (tertiary/aromatic N) is 1. The summed E-state index contributed by atoms with van der Waals surface area (Å²) in [7, 11) is 1.32. The predicted molar refractivity (Wildman–Crippen MR) is 104 cm³/mol. The summed E-state index contributed by atoms with van der Waals surface area (Å²) < 4.78 is 4.82. The average molecular weight is 395 g/mol. The molecule has 1 amide bonds. The molecule has 0 aliphatic carbocycles. The van der Waals surface area contributed by atoms with E-state index in [1.165, 1.54) is 18.4 Å². The smallest absolute Gasteiger partial charge is 0.331 e. The number of thiazole rings is 1. The molecule has 1 heterocycles. The van der Waals surface area contributed by atoms with E-state index in [1.807, 2.05) is 36.6 Å². The molecule has 1 aromatic heterocycles. The Labute approximate surface area is 162 Å². The average Bonchev–Trinajstić information content (AvgIpc) is 3.00. The van der Waals surface area contributed by atoms with E-state index < -0.39 is 11.5 Å². The third-order valence-corrected chi connectivity index (χ3v) is 5.12. The second-order valence-electron chi connectivity index (χ2n) is 6.34. The normalized spacial score (nSPS) is 13.1. The molecule has 140 valence electrons. The summed E-state index contributed by atoms with van der Waals surface area (Å²) in [6, 6.07) is 7.63. The Balaban J connectivity index is 1.99. The van der Waals surface area contributed by atoms with Gasteiger partial charge in [-0.2, -0.15) is 0 Å². The lowest BCUT2D eigenvalue weighted by Crippen LogP contribution is -2.53. The summed E-state index contributed by atoms with van der Waals surface area (Å²) in [5.41, 5.74) is 0.748. The molecule has 1 unspecified atom stereocenters. The molecule has 0 aliphatic heterocycles. The van der Waals surface area contributed by atoms with Gasteiger partial charge in [0.15, 0.2) is 0 Å². The van der Waals surface area contributed by atoms with Crippen LogP contribution >= 0.6 is 22.9 Å². The maximum absolute atomic E-state index is 12.4. The van der Waals surface area contributed by atoms with E-state index in [0.717, 1.165) is 17.0 Å². The van der Waals surface area contributed by atoms with Gasteiger partial charge in [-0.15, -0.1) is 11.3 Å². The van der Waals surface area contributed by atoms with E-state index in [-0.39, 0.29) is 12.3 Å². The van der Waals surface area contributed by atoms with Gasteiger partial charge in [0.2, 0.25) is 5.91 Å². The Hall–Kier alpha value is -1.92. The molecule has 0 saturated carbocycles. The van der Waals surface area contributed by atoms with Crippen LogP contribution in [-0.4, -0.2) is 29.5 Å². The van der Waals surface area contributed by atoms with Crippen molar-refractivity contribution < 1.29 is 14.3 Å². The number of methoxy groups -OCH3 is 1. The van der Waals surface area contributed by atoms with Crippen molar-refractivity contribution in [3.05, 3.63) is 50.9 Å². The number of carbonyl (C=O) groups excluding carboxylic acids is 2. The minimum atomic E-state index is -1.01. The van der Waals surface area contributed by atoms with Gasteiger partial charge in [-0.1, -0.05) is 37.1 Å². The van der Waals surface area contributed by atoms with Crippen LogP contribution in [0.1, 0.15) is 43.0 Å². The Morgan fingerprint density at radius 3 is 2.81 bits per heavy atom. The number of ether oxygens (including phenoxy) is 1. The molecule has 0 aliphatic rings. The third-order valence-electron chi connectivity index (χ3n) is 3.99. The van der Waals surface area contributed by atoms with Crippen LogP contribution in [0.2, 0.25) is 5.02 Å². The zero-order valence-corrected chi connectivity index (χ0v) is 16.7. The Kier molecular flexibility index (Phi) is 7.17. The van der Waals surface area contributed by atoms with E-state index in [2.05, 4.69) is 10.3 Å². The molecule has 0 radical (unpaired) electrons. The zero-order chi connectivity index (χ0) is 19.2. The van der Waals surface area contributed by atoms with E-state index in [0.29, 0.717) is 23.6 Å². The number of hydrogen-bond donors (Lipinski definition) is 1. The van der Waals surface area contributed by atoms with Crippen molar-refractivity contribution in [1.29, 1.82) is 0 Å². The molecule has 26 heavy (non-hydrogen) atoms. The van der Waals surface area contributed by atoms with E-state index in [9.17, 15) is 9.59 Å². The first-order chi connectivity index (χ1) is 12.4. The standard InChI is InChI=1S/C19H23ClN2O3S/c1-4-8-19(2,18(24)25-3)22-16(23)11-15-12-26-17(21-15)10-13-6-5-7-14(20)9-13/h5-7,9,12H,4,8,10-11H2,1-3H3,(H,22,23). The highest BCUT2D eigenvalue weighted by molar-refractivity contribution is 7.09. The molecule has 1 atom stereocenters. The number of benzene rings is 1. The van der Waals surface area contributed by atoms with E-state index in [1.54, 1.807) is 6.92 Å². The second kappa shape index (κ2) is 9.14. The van der Waals surface area contributed by atoms with Gasteiger partial charge in [0.25, 0.3) is 0 Å². The number of hydrogen-bond acceptors (Lipinski definition) is 5. The van der Waals surface area contributed by atoms with Gasteiger partial charge < -0.3 is 10.1 Å². The Morgan fingerprint density at radius 1 is 1.38 bits per heavy atom. The van der Waals surface area contributed by atoms with Crippen molar-refractivity contribution in [3.8, 4) is 0 Å². The lowest BCUT2D eigenvalue weighted by molar-refractivity contribution is -0.150. The summed E-state index contributed by atoms with van der Waals surface area (Å²) >= 11 is 7.51. The number of aromatic nitrogens is 1. The topological polar surface area (TPSA) is 68.3 Å². The van der Waals surface area contributed by atoms with Crippen LogP contribution in [0.15, 0.2) is 29.6 Å². The van der Waals surface area contributed by atoms with Gasteiger partial charge in [-0.3, -0.25) is 4.79 Å². The molecular formula is C19H23ClN2O3S. The van der Waals surface area contributed by atoms with Gasteiger partial charge in [-0.25, -0.2) is 9.78 Å². The number of amides is 1. The highest BCUT2D eigenvalue weighted by Gasteiger charge is 2.35. The summed E-state index contributed by atoms with van der Waals surface area (Å²) in [6.07, 6.45) is 2.07. The van der Waals surface area contributed by atoms with Crippen LogP contribution in [-0.2, 0) is 27.2 Å². The first-order valence-electron chi connectivity index (χ1n) is 8.43. The van der Waals surface area contributed by atoms with Gasteiger partial charge in [0, 0.05) is 16.8 Å². The Bertz CT molecular complexity index is 778.